The van der Waals surface area contributed by atoms with Crippen LogP contribution < -0.4 is 10.6 Å². The van der Waals surface area contributed by atoms with Gasteiger partial charge in [-0.3, -0.25) is 9.78 Å². The molecule has 208 valence electrons. The predicted octanol–water partition coefficient (Wildman–Crippen LogP) is 5.99. The van der Waals surface area contributed by atoms with Crippen LogP contribution in [0.2, 0.25) is 5.02 Å². The quantitative estimate of drug-likeness (QED) is 0.246. The molecule has 2 unspecified atom stereocenters. The molecule has 1 aliphatic carbocycles. The topological polar surface area (TPSA) is 91.9 Å². The molecule has 4 aromatic rings. The maximum absolute atomic E-state index is 14.9. The van der Waals surface area contributed by atoms with E-state index in [9.17, 15) is 9.18 Å². The number of pyridine rings is 1. The lowest BCUT2D eigenvalue weighted by molar-refractivity contribution is -0.121. The van der Waals surface area contributed by atoms with E-state index in [0.717, 1.165) is 35.3 Å². The Labute approximate surface area is 237 Å². The minimum atomic E-state index is -0.520. The summed E-state index contributed by atoms with van der Waals surface area (Å²) >= 11 is 6.34. The zero-order valence-corrected chi connectivity index (χ0v) is 23.4. The van der Waals surface area contributed by atoms with Crippen molar-refractivity contribution in [2.45, 2.75) is 58.1 Å². The number of benzene rings is 2. The van der Waals surface area contributed by atoms with E-state index in [2.05, 4.69) is 46.6 Å². The SMILES string of the molecule is Cc1cc2nc(C3COC(CCc4c(F)cncc4NC(=O)C4(Cc5ccccc5Cl)CC4)CN3)[nH]c2cc1C. The van der Waals surface area contributed by atoms with Crippen LogP contribution in [0.25, 0.3) is 11.0 Å². The third kappa shape index (κ3) is 5.48. The van der Waals surface area contributed by atoms with Crippen LogP contribution in [0.3, 0.4) is 0 Å². The molecule has 1 aliphatic heterocycles. The van der Waals surface area contributed by atoms with E-state index in [1.807, 2.05) is 24.3 Å². The number of fused-ring (bicyclic) bond motifs is 1. The summed E-state index contributed by atoms with van der Waals surface area (Å²) in [5.41, 5.74) is 5.70. The lowest BCUT2D eigenvalue weighted by Gasteiger charge is -2.29. The smallest absolute Gasteiger partial charge is 0.230 e. The zero-order valence-electron chi connectivity index (χ0n) is 22.7. The highest BCUT2D eigenvalue weighted by Crippen LogP contribution is 2.50. The summed E-state index contributed by atoms with van der Waals surface area (Å²) in [5, 5.41) is 7.16. The molecule has 3 N–H and O–H groups in total. The fourth-order valence-electron chi connectivity index (χ4n) is 5.46. The number of carbonyl (C=O) groups excluding carboxylic acids is 1. The number of halogens is 2. The summed E-state index contributed by atoms with van der Waals surface area (Å²) in [4.78, 5) is 25.5. The van der Waals surface area contributed by atoms with Gasteiger partial charge in [-0.05, 0) is 80.8 Å². The number of imidazole rings is 1. The predicted molar refractivity (Wildman–Crippen MR) is 154 cm³/mol. The van der Waals surface area contributed by atoms with Gasteiger partial charge in [-0.15, -0.1) is 0 Å². The molecule has 2 fully saturated rings. The molecule has 0 spiro atoms. The molecule has 40 heavy (non-hydrogen) atoms. The number of nitrogens with zero attached hydrogens (tertiary/aromatic N) is 2. The van der Waals surface area contributed by atoms with Gasteiger partial charge in [0.15, 0.2) is 0 Å². The van der Waals surface area contributed by atoms with E-state index in [1.165, 1.54) is 23.5 Å². The first-order valence-corrected chi connectivity index (χ1v) is 14.2. The van der Waals surface area contributed by atoms with Crippen molar-refractivity contribution in [3.63, 3.8) is 0 Å². The Balaban J connectivity index is 1.07. The van der Waals surface area contributed by atoms with Crippen molar-refractivity contribution in [1.82, 2.24) is 20.3 Å². The van der Waals surface area contributed by atoms with Gasteiger partial charge in [0.1, 0.15) is 11.6 Å². The highest BCUT2D eigenvalue weighted by Gasteiger charge is 2.50. The lowest BCUT2D eigenvalue weighted by atomic mass is 9.95. The molecular formula is C31H33ClFN5O2. The Bertz CT molecular complexity index is 1520. The first kappa shape index (κ1) is 26.9. The van der Waals surface area contributed by atoms with Gasteiger partial charge in [0, 0.05) is 17.1 Å². The molecule has 3 heterocycles. The van der Waals surface area contributed by atoms with Crippen LogP contribution in [-0.2, 0) is 22.4 Å². The Morgan fingerprint density at radius 1 is 1.20 bits per heavy atom. The van der Waals surface area contributed by atoms with Gasteiger partial charge < -0.3 is 20.4 Å². The molecule has 0 bridgehead atoms. The molecule has 1 amide bonds. The highest BCUT2D eigenvalue weighted by molar-refractivity contribution is 6.31. The third-order valence-electron chi connectivity index (χ3n) is 8.33. The second kappa shape index (κ2) is 10.9. The van der Waals surface area contributed by atoms with Crippen LogP contribution in [0.4, 0.5) is 10.1 Å². The number of aryl methyl sites for hydroxylation is 2. The number of H-pyrrole nitrogens is 1. The minimum Gasteiger partial charge on any atom is -0.375 e. The number of rotatable bonds is 8. The number of aromatic nitrogens is 3. The van der Waals surface area contributed by atoms with Crippen LogP contribution in [0, 0.1) is 25.1 Å². The van der Waals surface area contributed by atoms with Crippen LogP contribution >= 0.6 is 11.6 Å². The van der Waals surface area contributed by atoms with Gasteiger partial charge in [-0.1, -0.05) is 29.8 Å². The first-order valence-electron chi connectivity index (χ1n) is 13.8. The highest BCUT2D eigenvalue weighted by atomic mass is 35.5. The second-order valence-corrected chi connectivity index (χ2v) is 11.6. The van der Waals surface area contributed by atoms with E-state index in [-0.39, 0.29) is 18.1 Å². The molecule has 1 saturated carbocycles. The summed E-state index contributed by atoms with van der Waals surface area (Å²) in [6.07, 6.45) is 5.77. The zero-order chi connectivity index (χ0) is 27.9. The van der Waals surface area contributed by atoms with E-state index in [1.54, 1.807) is 0 Å². The van der Waals surface area contributed by atoms with Crippen molar-refractivity contribution in [2.24, 2.45) is 5.41 Å². The number of carbonyl (C=O) groups is 1. The maximum atomic E-state index is 14.9. The monoisotopic (exact) mass is 561 g/mol. The maximum Gasteiger partial charge on any atom is 0.230 e. The summed E-state index contributed by atoms with van der Waals surface area (Å²) < 4.78 is 21.1. The largest absolute Gasteiger partial charge is 0.375 e. The van der Waals surface area contributed by atoms with Gasteiger partial charge in [0.2, 0.25) is 5.91 Å². The Hall–Kier alpha value is -3.33. The fourth-order valence-corrected chi connectivity index (χ4v) is 5.67. The number of anilines is 1. The van der Waals surface area contributed by atoms with E-state index < -0.39 is 11.2 Å². The summed E-state index contributed by atoms with van der Waals surface area (Å²) in [6.45, 7) is 5.27. The van der Waals surface area contributed by atoms with E-state index in [4.69, 9.17) is 21.3 Å². The van der Waals surface area contributed by atoms with Crippen LogP contribution in [0.5, 0.6) is 0 Å². The number of aromatic amines is 1. The summed E-state index contributed by atoms with van der Waals surface area (Å²) in [7, 11) is 0. The summed E-state index contributed by atoms with van der Waals surface area (Å²) in [6, 6.07) is 11.8. The lowest BCUT2D eigenvalue weighted by Crippen LogP contribution is -2.41. The van der Waals surface area contributed by atoms with Crippen molar-refractivity contribution < 1.29 is 13.9 Å². The van der Waals surface area contributed by atoms with Crippen LogP contribution in [0.1, 0.15) is 53.4 Å². The molecule has 2 aromatic carbocycles. The average molecular weight is 562 g/mol. The Morgan fingerprint density at radius 3 is 2.75 bits per heavy atom. The van der Waals surface area contributed by atoms with Gasteiger partial charge >= 0.3 is 0 Å². The summed E-state index contributed by atoms with van der Waals surface area (Å²) in [5.74, 6) is 0.313. The molecule has 1 saturated heterocycles. The van der Waals surface area contributed by atoms with E-state index >= 15 is 0 Å². The molecule has 2 aliphatic rings. The number of ether oxygens (including phenoxy) is 1. The van der Waals surface area contributed by atoms with Crippen LogP contribution in [0.15, 0.2) is 48.8 Å². The third-order valence-corrected chi connectivity index (χ3v) is 8.70. The number of morpholine rings is 1. The van der Waals surface area contributed by atoms with Crippen LogP contribution in [-0.4, -0.2) is 40.1 Å². The van der Waals surface area contributed by atoms with Crippen molar-refractivity contribution in [2.75, 3.05) is 18.5 Å². The Kier molecular flexibility index (Phi) is 7.33. The molecule has 0 radical (unpaired) electrons. The van der Waals surface area contributed by atoms with Gasteiger partial charge in [0.25, 0.3) is 0 Å². The fraction of sp³-hybridized carbons (Fsp3) is 0.387. The number of amides is 1. The minimum absolute atomic E-state index is 0.0374. The molecule has 7 nitrogen and oxygen atoms in total. The van der Waals surface area contributed by atoms with E-state index in [0.29, 0.717) is 48.7 Å². The molecule has 2 atom stereocenters. The van der Waals surface area contributed by atoms with Gasteiger partial charge in [-0.2, -0.15) is 0 Å². The van der Waals surface area contributed by atoms with Crippen molar-refractivity contribution in [3.05, 3.63) is 87.7 Å². The number of hydrogen-bond donors (Lipinski definition) is 3. The first-order chi connectivity index (χ1) is 19.3. The van der Waals surface area contributed by atoms with Crippen molar-refractivity contribution >= 4 is 34.2 Å². The van der Waals surface area contributed by atoms with Gasteiger partial charge in [0.05, 0.1) is 53.3 Å². The standard InChI is InChI=1S/C31H33ClFN5O2/c1-18-11-25-26(12-19(18)2)37-29(36-25)28-17-40-21(14-35-28)7-8-22-24(33)15-34-16-27(22)38-30(39)31(9-10-31)13-20-5-3-4-6-23(20)32/h3-6,11-12,15-16,21,28,35H,7-10,13-14,17H2,1-2H3,(H,36,37)(H,38,39). The molecule has 9 heteroatoms. The van der Waals surface area contributed by atoms with Crippen molar-refractivity contribution in [3.8, 4) is 0 Å². The Morgan fingerprint density at radius 2 is 2.00 bits per heavy atom. The average Bonchev–Trinajstić information content (AvgIpc) is 3.62. The number of nitrogens with one attached hydrogen (secondary N) is 3. The normalized spacial score (nSPS) is 20.0. The van der Waals surface area contributed by atoms with Crippen molar-refractivity contribution in [1.29, 1.82) is 0 Å². The van der Waals surface area contributed by atoms with Gasteiger partial charge in [-0.25, -0.2) is 9.37 Å². The second-order valence-electron chi connectivity index (χ2n) is 11.2. The number of hydrogen-bond acceptors (Lipinski definition) is 5. The molecule has 2 aromatic heterocycles. The molecular weight excluding hydrogens is 529 g/mol. The molecule has 6 rings (SSSR count).